The fourth-order valence-electron chi connectivity index (χ4n) is 1.64. The molecule has 0 bridgehead atoms. The van der Waals surface area contributed by atoms with Gasteiger partial charge in [-0.15, -0.1) is 0 Å². The molecule has 1 aromatic rings. The van der Waals surface area contributed by atoms with E-state index in [1.165, 1.54) is 0 Å². The Morgan fingerprint density at radius 3 is 2.68 bits per heavy atom. The molecular weight excluding hydrogens is 242 g/mol. The molecule has 1 N–H and O–H groups in total. The van der Waals surface area contributed by atoms with Crippen LogP contribution in [-0.2, 0) is 20.9 Å². The summed E-state index contributed by atoms with van der Waals surface area (Å²) in [5, 5.41) is 3.20. The van der Waals surface area contributed by atoms with Gasteiger partial charge in [0, 0.05) is 19.3 Å². The van der Waals surface area contributed by atoms with Gasteiger partial charge in [0.1, 0.15) is 5.60 Å². The highest BCUT2D eigenvalue weighted by Crippen LogP contribution is 2.12. The van der Waals surface area contributed by atoms with Crippen molar-refractivity contribution < 1.29 is 14.3 Å². The zero-order valence-electron chi connectivity index (χ0n) is 12.2. The Morgan fingerprint density at radius 1 is 1.32 bits per heavy atom. The first-order chi connectivity index (χ1) is 8.90. The number of carbonyl (C=O) groups is 1. The van der Waals surface area contributed by atoms with Crippen molar-refractivity contribution in [1.82, 2.24) is 0 Å². The number of hydrogen-bond acceptors (Lipinski definition) is 4. The molecule has 1 aromatic carbocycles. The molecule has 19 heavy (non-hydrogen) atoms. The van der Waals surface area contributed by atoms with Gasteiger partial charge < -0.3 is 14.8 Å². The summed E-state index contributed by atoms with van der Waals surface area (Å²) < 4.78 is 10.3. The molecule has 0 saturated carbocycles. The first-order valence-electron chi connectivity index (χ1n) is 6.44. The summed E-state index contributed by atoms with van der Waals surface area (Å²) in [6, 6.07) is 7.94. The molecule has 1 rings (SSSR count). The van der Waals surface area contributed by atoms with Gasteiger partial charge >= 0.3 is 5.97 Å². The van der Waals surface area contributed by atoms with E-state index >= 15 is 0 Å². The standard InChI is InChI=1S/C15H23NO3/c1-15(2,3)19-14(17)8-9-16-13-7-5-6-12(10-13)11-18-4/h5-7,10,16H,8-9,11H2,1-4H3. The molecule has 0 aliphatic heterocycles. The average Bonchev–Trinajstić information content (AvgIpc) is 2.27. The number of nitrogens with one attached hydrogen (secondary N) is 1. The molecule has 106 valence electrons. The van der Waals surface area contributed by atoms with Crippen molar-refractivity contribution in [3.8, 4) is 0 Å². The lowest BCUT2D eigenvalue weighted by atomic mass is 10.2. The van der Waals surface area contributed by atoms with Crippen molar-refractivity contribution in [2.24, 2.45) is 0 Å². The third kappa shape index (κ3) is 6.82. The fraction of sp³-hybridized carbons (Fsp3) is 0.533. The van der Waals surface area contributed by atoms with Gasteiger partial charge in [-0.05, 0) is 38.5 Å². The molecule has 0 atom stereocenters. The molecule has 0 fully saturated rings. The SMILES string of the molecule is COCc1cccc(NCCC(=O)OC(C)(C)C)c1. The molecule has 4 heteroatoms. The topological polar surface area (TPSA) is 47.6 Å². The second kappa shape index (κ2) is 7.14. The smallest absolute Gasteiger partial charge is 0.308 e. The Kier molecular flexibility index (Phi) is 5.83. The molecule has 0 aliphatic rings. The number of rotatable bonds is 6. The Balaban J connectivity index is 2.36. The normalized spacial score (nSPS) is 11.2. The number of benzene rings is 1. The van der Waals surface area contributed by atoms with Crippen molar-refractivity contribution in [3.05, 3.63) is 29.8 Å². The lowest BCUT2D eigenvalue weighted by Crippen LogP contribution is -2.25. The highest BCUT2D eigenvalue weighted by Gasteiger charge is 2.15. The molecule has 0 unspecified atom stereocenters. The molecule has 0 aliphatic carbocycles. The molecule has 4 nitrogen and oxygen atoms in total. The third-order valence-electron chi connectivity index (χ3n) is 2.32. The predicted molar refractivity (Wildman–Crippen MR) is 76.1 cm³/mol. The van der Waals surface area contributed by atoms with E-state index < -0.39 is 5.60 Å². The highest BCUT2D eigenvalue weighted by atomic mass is 16.6. The number of ether oxygens (including phenoxy) is 2. The van der Waals surface area contributed by atoms with Gasteiger partial charge in [0.15, 0.2) is 0 Å². The van der Waals surface area contributed by atoms with Crippen LogP contribution in [0.3, 0.4) is 0 Å². The third-order valence-corrected chi connectivity index (χ3v) is 2.32. The zero-order chi connectivity index (χ0) is 14.3. The van der Waals surface area contributed by atoms with E-state index in [1.54, 1.807) is 7.11 Å². The monoisotopic (exact) mass is 265 g/mol. The van der Waals surface area contributed by atoms with Crippen molar-refractivity contribution in [2.75, 3.05) is 19.0 Å². The van der Waals surface area contributed by atoms with Crippen LogP contribution in [0.5, 0.6) is 0 Å². The van der Waals surface area contributed by atoms with Crippen molar-refractivity contribution >= 4 is 11.7 Å². The summed E-state index contributed by atoms with van der Waals surface area (Å²) in [4.78, 5) is 11.5. The minimum atomic E-state index is -0.421. The van der Waals surface area contributed by atoms with Crippen molar-refractivity contribution in [2.45, 2.75) is 39.4 Å². The summed E-state index contributed by atoms with van der Waals surface area (Å²) in [6.07, 6.45) is 0.353. The van der Waals surface area contributed by atoms with E-state index in [-0.39, 0.29) is 5.97 Å². The lowest BCUT2D eigenvalue weighted by molar-refractivity contribution is -0.154. The van der Waals surface area contributed by atoms with Crippen LogP contribution in [0.2, 0.25) is 0 Å². The van der Waals surface area contributed by atoms with Gasteiger partial charge in [-0.3, -0.25) is 4.79 Å². The maximum atomic E-state index is 11.5. The van der Waals surface area contributed by atoms with E-state index in [0.29, 0.717) is 19.6 Å². The van der Waals surface area contributed by atoms with Gasteiger partial charge in [0.25, 0.3) is 0 Å². The highest BCUT2D eigenvalue weighted by molar-refractivity contribution is 5.70. The molecular formula is C15H23NO3. The zero-order valence-corrected chi connectivity index (χ0v) is 12.2. The fourth-order valence-corrected chi connectivity index (χ4v) is 1.64. The Labute approximate surface area is 115 Å². The van der Waals surface area contributed by atoms with Crippen LogP contribution >= 0.6 is 0 Å². The van der Waals surface area contributed by atoms with Crippen molar-refractivity contribution in [3.63, 3.8) is 0 Å². The largest absolute Gasteiger partial charge is 0.460 e. The van der Waals surface area contributed by atoms with Gasteiger partial charge in [-0.25, -0.2) is 0 Å². The summed E-state index contributed by atoms with van der Waals surface area (Å²) in [7, 11) is 1.67. The van der Waals surface area contributed by atoms with Gasteiger partial charge in [-0.2, -0.15) is 0 Å². The Morgan fingerprint density at radius 2 is 2.05 bits per heavy atom. The Hall–Kier alpha value is -1.55. The van der Waals surface area contributed by atoms with E-state index in [1.807, 2.05) is 45.0 Å². The van der Waals surface area contributed by atoms with Crippen LogP contribution in [0.1, 0.15) is 32.8 Å². The maximum Gasteiger partial charge on any atom is 0.308 e. The summed E-state index contributed by atoms with van der Waals surface area (Å²) in [5.41, 5.74) is 1.66. The molecule has 0 saturated heterocycles. The molecule has 0 radical (unpaired) electrons. The second-order valence-electron chi connectivity index (χ2n) is 5.40. The van der Waals surface area contributed by atoms with E-state index in [4.69, 9.17) is 9.47 Å². The van der Waals surface area contributed by atoms with Crippen LogP contribution in [0, 0.1) is 0 Å². The number of hydrogen-bond donors (Lipinski definition) is 1. The minimum absolute atomic E-state index is 0.187. The Bertz CT molecular complexity index is 410. The molecule has 0 aromatic heterocycles. The summed E-state index contributed by atoms with van der Waals surface area (Å²) in [5.74, 6) is -0.187. The van der Waals surface area contributed by atoms with E-state index in [2.05, 4.69) is 5.32 Å². The van der Waals surface area contributed by atoms with Crippen LogP contribution < -0.4 is 5.32 Å². The molecule has 0 heterocycles. The minimum Gasteiger partial charge on any atom is -0.460 e. The predicted octanol–water partition coefficient (Wildman–Crippen LogP) is 2.98. The van der Waals surface area contributed by atoms with Gasteiger partial charge in [0.2, 0.25) is 0 Å². The number of methoxy groups -OCH3 is 1. The number of carbonyl (C=O) groups excluding carboxylic acids is 1. The first kappa shape index (κ1) is 15.5. The van der Waals surface area contributed by atoms with Gasteiger partial charge in [-0.1, -0.05) is 12.1 Å². The number of esters is 1. The van der Waals surface area contributed by atoms with Gasteiger partial charge in [0.05, 0.1) is 13.0 Å². The first-order valence-corrected chi connectivity index (χ1v) is 6.44. The molecule has 0 spiro atoms. The van der Waals surface area contributed by atoms with Crippen LogP contribution in [0.4, 0.5) is 5.69 Å². The average molecular weight is 265 g/mol. The van der Waals surface area contributed by atoms with Crippen LogP contribution in [0.25, 0.3) is 0 Å². The summed E-state index contributed by atoms with van der Waals surface area (Å²) >= 11 is 0. The van der Waals surface area contributed by atoms with E-state index in [0.717, 1.165) is 11.3 Å². The van der Waals surface area contributed by atoms with Crippen molar-refractivity contribution in [1.29, 1.82) is 0 Å². The number of anilines is 1. The van der Waals surface area contributed by atoms with Crippen LogP contribution in [-0.4, -0.2) is 25.2 Å². The lowest BCUT2D eigenvalue weighted by Gasteiger charge is -2.19. The summed E-state index contributed by atoms with van der Waals surface area (Å²) in [6.45, 7) is 6.75. The molecule has 0 amide bonds. The maximum absolute atomic E-state index is 11.5. The second-order valence-corrected chi connectivity index (χ2v) is 5.40. The van der Waals surface area contributed by atoms with E-state index in [9.17, 15) is 4.79 Å². The van der Waals surface area contributed by atoms with Crippen LogP contribution in [0.15, 0.2) is 24.3 Å². The quantitative estimate of drug-likeness (QED) is 0.803.